The Morgan fingerprint density at radius 2 is 2.30 bits per heavy atom. The minimum absolute atomic E-state index is 0.0950. The van der Waals surface area contributed by atoms with E-state index in [-0.39, 0.29) is 11.2 Å². The topological polar surface area (TPSA) is 54.3 Å². The average molecular weight is 337 g/mol. The largest absolute Gasteiger partial charge is 0.423 e. The van der Waals surface area contributed by atoms with Crippen LogP contribution in [-0.2, 0) is 6.54 Å². The molecule has 1 aliphatic rings. The molecule has 0 bridgehead atoms. The van der Waals surface area contributed by atoms with Gasteiger partial charge in [-0.05, 0) is 43.7 Å². The Morgan fingerprint density at radius 3 is 3.05 bits per heavy atom. The number of benzene rings is 1. The molecule has 2 heterocycles. The van der Waals surface area contributed by atoms with Crippen LogP contribution < -0.4 is 16.3 Å². The maximum absolute atomic E-state index is 11.7. The summed E-state index contributed by atoms with van der Waals surface area (Å²) >= 11 is 3.40. The van der Waals surface area contributed by atoms with Gasteiger partial charge in [0.1, 0.15) is 5.58 Å². The first kappa shape index (κ1) is 13.8. The molecular formula is C15H17BrN2O2. The zero-order chi connectivity index (χ0) is 14.2. The van der Waals surface area contributed by atoms with Crippen LogP contribution in [0.3, 0.4) is 0 Å². The van der Waals surface area contributed by atoms with E-state index < -0.39 is 0 Å². The van der Waals surface area contributed by atoms with Gasteiger partial charge in [0.2, 0.25) is 0 Å². The third-order valence-corrected chi connectivity index (χ3v) is 4.36. The van der Waals surface area contributed by atoms with Gasteiger partial charge in [-0.3, -0.25) is 0 Å². The highest BCUT2D eigenvalue weighted by atomic mass is 79.9. The lowest BCUT2D eigenvalue weighted by molar-refractivity contribution is 0.385. The molecule has 4 nitrogen and oxygen atoms in total. The van der Waals surface area contributed by atoms with E-state index in [1.165, 1.54) is 0 Å². The summed E-state index contributed by atoms with van der Waals surface area (Å²) in [7, 11) is 0. The second-order valence-electron chi connectivity index (χ2n) is 5.57. The summed E-state index contributed by atoms with van der Waals surface area (Å²) in [5.74, 6) is 0. The van der Waals surface area contributed by atoms with Gasteiger partial charge in [0.15, 0.2) is 0 Å². The Hall–Kier alpha value is -1.17. The van der Waals surface area contributed by atoms with Crippen LogP contribution in [0.15, 0.2) is 37.9 Å². The van der Waals surface area contributed by atoms with Crippen LogP contribution in [0.5, 0.6) is 0 Å². The molecule has 0 radical (unpaired) electrons. The molecule has 0 amide bonds. The number of halogens is 1. The minimum Gasteiger partial charge on any atom is -0.423 e. The Morgan fingerprint density at radius 1 is 1.45 bits per heavy atom. The molecule has 0 spiro atoms. The molecular weight excluding hydrogens is 320 g/mol. The van der Waals surface area contributed by atoms with Crippen molar-refractivity contribution in [3.63, 3.8) is 0 Å². The van der Waals surface area contributed by atoms with Crippen LogP contribution in [0.2, 0.25) is 0 Å². The van der Waals surface area contributed by atoms with Crippen LogP contribution in [0, 0.1) is 0 Å². The van der Waals surface area contributed by atoms with E-state index in [1.54, 1.807) is 6.07 Å². The molecule has 3 rings (SSSR count). The van der Waals surface area contributed by atoms with Crippen molar-refractivity contribution < 1.29 is 4.42 Å². The Labute approximate surface area is 125 Å². The van der Waals surface area contributed by atoms with Gasteiger partial charge in [0.25, 0.3) is 0 Å². The molecule has 1 aromatic heterocycles. The third kappa shape index (κ3) is 2.80. The smallest absolute Gasteiger partial charge is 0.336 e. The molecule has 106 valence electrons. The van der Waals surface area contributed by atoms with E-state index in [2.05, 4.69) is 33.5 Å². The van der Waals surface area contributed by atoms with Crippen molar-refractivity contribution in [2.75, 3.05) is 13.1 Å². The third-order valence-electron chi connectivity index (χ3n) is 3.87. The fraction of sp³-hybridized carbons (Fsp3) is 0.400. The fourth-order valence-electron chi connectivity index (χ4n) is 2.63. The van der Waals surface area contributed by atoms with Crippen molar-refractivity contribution in [2.45, 2.75) is 25.4 Å². The van der Waals surface area contributed by atoms with Gasteiger partial charge < -0.3 is 15.1 Å². The van der Waals surface area contributed by atoms with Gasteiger partial charge in [0, 0.05) is 34.6 Å². The van der Waals surface area contributed by atoms with E-state index in [4.69, 9.17) is 4.42 Å². The predicted molar refractivity (Wildman–Crippen MR) is 82.9 cm³/mol. The maximum Gasteiger partial charge on any atom is 0.336 e. The first-order valence-corrected chi connectivity index (χ1v) is 7.53. The van der Waals surface area contributed by atoms with Gasteiger partial charge in [-0.25, -0.2) is 4.79 Å². The van der Waals surface area contributed by atoms with Crippen LogP contribution in [0.25, 0.3) is 11.0 Å². The van der Waals surface area contributed by atoms with Crippen molar-refractivity contribution in [3.8, 4) is 0 Å². The molecule has 2 aromatic rings. The first-order chi connectivity index (χ1) is 9.56. The van der Waals surface area contributed by atoms with Crippen molar-refractivity contribution in [1.82, 2.24) is 10.6 Å². The fourth-order valence-corrected chi connectivity index (χ4v) is 2.97. The van der Waals surface area contributed by atoms with Crippen molar-refractivity contribution in [1.29, 1.82) is 0 Å². The first-order valence-electron chi connectivity index (χ1n) is 6.74. The molecule has 1 fully saturated rings. The maximum atomic E-state index is 11.7. The van der Waals surface area contributed by atoms with Gasteiger partial charge in [0.05, 0.1) is 0 Å². The molecule has 2 N–H and O–H groups in total. The molecule has 1 aliphatic heterocycles. The molecule has 1 unspecified atom stereocenters. The standard InChI is InChI=1S/C15H17BrN2O2/c1-15(4-5-17-9-15)18-8-10-6-14(19)20-13-7-11(16)2-3-12(10)13/h2-3,6-7,17-18H,4-5,8-9H2,1H3. The summed E-state index contributed by atoms with van der Waals surface area (Å²) < 4.78 is 6.16. The number of rotatable bonds is 3. The Kier molecular flexibility index (Phi) is 3.67. The molecule has 0 saturated carbocycles. The van der Waals surface area contributed by atoms with E-state index in [1.807, 2.05) is 18.2 Å². The van der Waals surface area contributed by atoms with Crippen LogP contribution in [0.4, 0.5) is 0 Å². The summed E-state index contributed by atoms with van der Waals surface area (Å²) in [6.45, 7) is 4.87. The zero-order valence-electron chi connectivity index (χ0n) is 11.3. The molecule has 5 heteroatoms. The number of hydrogen-bond acceptors (Lipinski definition) is 4. The molecule has 1 atom stereocenters. The lowest BCUT2D eigenvalue weighted by atomic mass is 10.0. The highest BCUT2D eigenvalue weighted by Gasteiger charge is 2.27. The van der Waals surface area contributed by atoms with Gasteiger partial charge in [-0.2, -0.15) is 0 Å². The van der Waals surface area contributed by atoms with Crippen molar-refractivity contribution >= 4 is 26.9 Å². The summed E-state index contributed by atoms with van der Waals surface area (Å²) in [5, 5.41) is 7.89. The predicted octanol–water partition coefficient (Wildman–Crippen LogP) is 2.40. The number of fused-ring (bicyclic) bond motifs is 1. The van der Waals surface area contributed by atoms with E-state index in [0.29, 0.717) is 12.1 Å². The SMILES string of the molecule is CC1(NCc2cc(=O)oc3cc(Br)ccc23)CCNC1. The summed E-state index contributed by atoms with van der Waals surface area (Å²) in [4.78, 5) is 11.7. The second-order valence-corrected chi connectivity index (χ2v) is 6.49. The van der Waals surface area contributed by atoms with E-state index >= 15 is 0 Å². The Balaban J connectivity index is 1.92. The van der Waals surface area contributed by atoms with Crippen molar-refractivity contribution in [2.24, 2.45) is 0 Å². The molecule has 20 heavy (non-hydrogen) atoms. The van der Waals surface area contributed by atoms with Crippen LogP contribution in [0.1, 0.15) is 18.9 Å². The normalized spacial score (nSPS) is 22.5. The number of nitrogens with one attached hydrogen (secondary N) is 2. The highest BCUT2D eigenvalue weighted by molar-refractivity contribution is 9.10. The van der Waals surface area contributed by atoms with Gasteiger partial charge in [-0.15, -0.1) is 0 Å². The lowest BCUT2D eigenvalue weighted by Gasteiger charge is -2.24. The van der Waals surface area contributed by atoms with Crippen LogP contribution in [-0.4, -0.2) is 18.6 Å². The lowest BCUT2D eigenvalue weighted by Crippen LogP contribution is -2.43. The highest BCUT2D eigenvalue weighted by Crippen LogP contribution is 2.22. The van der Waals surface area contributed by atoms with Crippen LogP contribution >= 0.6 is 15.9 Å². The quantitative estimate of drug-likeness (QED) is 0.845. The van der Waals surface area contributed by atoms with Gasteiger partial charge in [-0.1, -0.05) is 15.9 Å². The van der Waals surface area contributed by atoms with E-state index in [0.717, 1.165) is 34.9 Å². The summed E-state index contributed by atoms with van der Waals surface area (Å²) in [6, 6.07) is 7.35. The van der Waals surface area contributed by atoms with E-state index in [9.17, 15) is 4.79 Å². The van der Waals surface area contributed by atoms with Crippen molar-refractivity contribution in [3.05, 3.63) is 44.7 Å². The molecule has 1 aromatic carbocycles. The second kappa shape index (κ2) is 5.31. The molecule has 0 aliphatic carbocycles. The average Bonchev–Trinajstić information content (AvgIpc) is 2.83. The van der Waals surface area contributed by atoms with Gasteiger partial charge >= 0.3 is 5.63 Å². The summed E-state index contributed by atoms with van der Waals surface area (Å²) in [6.07, 6.45) is 1.10. The zero-order valence-corrected chi connectivity index (χ0v) is 12.9. The minimum atomic E-state index is -0.304. The Bertz CT molecular complexity index is 690. The molecule has 1 saturated heterocycles. The monoisotopic (exact) mass is 336 g/mol. The summed E-state index contributed by atoms with van der Waals surface area (Å²) in [5.41, 5.74) is 1.40. The number of hydrogen-bond donors (Lipinski definition) is 2.